The summed E-state index contributed by atoms with van der Waals surface area (Å²) in [5.74, 6) is 0.100. The predicted octanol–water partition coefficient (Wildman–Crippen LogP) is 1.29. The van der Waals surface area contributed by atoms with E-state index in [0.717, 1.165) is 0 Å². The molecule has 17 heavy (non-hydrogen) atoms. The molecule has 0 radical (unpaired) electrons. The Labute approximate surface area is 103 Å². The van der Waals surface area contributed by atoms with Gasteiger partial charge in [-0.1, -0.05) is 0 Å². The van der Waals surface area contributed by atoms with E-state index in [0.29, 0.717) is 0 Å². The molecule has 0 aliphatic rings. The molecule has 3 N–H and O–H groups in total. The molecule has 1 atom stereocenters. The summed E-state index contributed by atoms with van der Waals surface area (Å²) in [6.45, 7) is 4.84. The fourth-order valence-electron chi connectivity index (χ4n) is 1.03. The van der Waals surface area contributed by atoms with Crippen molar-refractivity contribution in [3.05, 3.63) is 10.7 Å². The second kappa shape index (κ2) is 5.28. The summed E-state index contributed by atoms with van der Waals surface area (Å²) in [5.41, 5.74) is -0.615. The standard InChI is InChI=1S/C9H15N3O4S/c1-9(2,3)16-7(14)10-5(4-13)6-11-12-8(17)15-6/h5,13H,4H2,1-3H3,(H,10,14)(H,12,17). The van der Waals surface area contributed by atoms with Gasteiger partial charge in [-0.25, -0.2) is 9.89 Å². The number of aliphatic hydroxyl groups excluding tert-OH is 1. The number of hydrogen-bond acceptors (Lipinski definition) is 6. The minimum absolute atomic E-state index is 0.0736. The van der Waals surface area contributed by atoms with Gasteiger partial charge >= 0.3 is 6.09 Å². The number of carbonyl (C=O) groups excluding carboxylic acids is 1. The number of hydrogen-bond donors (Lipinski definition) is 3. The van der Waals surface area contributed by atoms with Gasteiger partial charge in [-0.2, -0.15) is 0 Å². The van der Waals surface area contributed by atoms with Gasteiger partial charge in [-0.3, -0.25) is 0 Å². The molecule has 96 valence electrons. The van der Waals surface area contributed by atoms with E-state index in [4.69, 9.17) is 26.5 Å². The molecule has 0 saturated carbocycles. The number of alkyl carbamates (subject to hydrolysis) is 1. The molecule has 1 aromatic rings. The highest BCUT2D eigenvalue weighted by atomic mass is 32.1. The first-order valence-corrected chi connectivity index (χ1v) is 5.38. The molecule has 0 fully saturated rings. The molecule has 1 amide bonds. The third kappa shape index (κ3) is 4.53. The number of ether oxygens (including phenoxy) is 1. The quantitative estimate of drug-likeness (QED) is 0.709. The minimum atomic E-state index is -0.794. The smallest absolute Gasteiger partial charge is 0.408 e. The Morgan fingerprint density at radius 2 is 2.35 bits per heavy atom. The zero-order valence-electron chi connectivity index (χ0n) is 9.81. The lowest BCUT2D eigenvalue weighted by Crippen LogP contribution is -2.36. The molecule has 7 nitrogen and oxygen atoms in total. The summed E-state index contributed by atoms with van der Waals surface area (Å²) < 4.78 is 10.0. The number of rotatable bonds is 3. The summed E-state index contributed by atoms with van der Waals surface area (Å²) in [7, 11) is 0. The molecule has 0 spiro atoms. The number of nitrogens with one attached hydrogen (secondary N) is 2. The van der Waals surface area contributed by atoms with Crippen LogP contribution in [0.25, 0.3) is 0 Å². The van der Waals surface area contributed by atoms with Crippen LogP contribution in [0.4, 0.5) is 4.79 Å². The number of H-pyrrole nitrogens is 1. The fourth-order valence-corrected chi connectivity index (χ4v) is 1.16. The van der Waals surface area contributed by atoms with Crippen molar-refractivity contribution in [3.63, 3.8) is 0 Å². The Morgan fingerprint density at radius 3 is 2.76 bits per heavy atom. The lowest BCUT2D eigenvalue weighted by Gasteiger charge is -2.21. The maximum Gasteiger partial charge on any atom is 0.408 e. The van der Waals surface area contributed by atoms with Crippen molar-refractivity contribution in [1.29, 1.82) is 0 Å². The maximum absolute atomic E-state index is 11.5. The van der Waals surface area contributed by atoms with Gasteiger partial charge in [0.1, 0.15) is 11.6 Å². The first kappa shape index (κ1) is 13.7. The molecule has 1 heterocycles. The molecule has 0 aliphatic carbocycles. The van der Waals surface area contributed by atoms with Gasteiger partial charge in [0.05, 0.1) is 6.61 Å². The van der Waals surface area contributed by atoms with Crippen LogP contribution in [0.2, 0.25) is 0 Å². The third-order valence-electron chi connectivity index (χ3n) is 1.63. The van der Waals surface area contributed by atoms with E-state index in [1.54, 1.807) is 20.8 Å². The normalized spacial score (nSPS) is 13.2. The van der Waals surface area contributed by atoms with E-state index < -0.39 is 17.7 Å². The largest absolute Gasteiger partial charge is 0.444 e. The van der Waals surface area contributed by atoms with Gasteiger partial charge < -0.3 is 19.6 Å². The van der Waals surface area contributed by atoms with Crippen molar-refractivity contribution in [3.8, 4) is 0 Å². The van der Waals surface area contributed by atoms with E-state index in [1.165, 1.54) is 0 Å². The van der Waals surface area contributed by atoms with Gasteiger partial charge in [0.25, 0.3) is 4.84 Å². The monoisotopic (exact) mass is 261 g/mol. The topological polar surface area (TPSA) is 100 Å². The number of aliphatic hydroxyl groups is 1. The predicted molar refractivity (Wildman–Crippen MR) is 60.9 cm³/mol. The number of amides is 1. The van der Waals surface area contributed by atoms with Crippen LogP contribution in [0.1, 0.15) is 32.7 Å². The molecule has 0 saturated heterocycles. The van der Waals surface area contributed by atoms with Crippen LogP contribution in [0, 0.1) is 4.84 Å². The van der Waals surface area contributed by atoms with Crippen molar-refractivity contribution in [1.82, 2.24) is 15.5 Å². The van der Waals surface area contributed by atoms with E-state index >= 15 is 0 Å². The Kier molecular flexibility index (Phi) is 4.24. The highest BCUT2D eigenvalue weighted by Gasteiger charge is 2.22. The van der Waals surface area contributed by atoms with E-state index in [9.17, 15) is 4.79 Å². The molecule has 0 aliphatic heterocycles. The van der Waals surface area contributed by atoms with Crippen LogP contribution >= 0.6 is 12.2 Å². The first-order valence-electron chi connectivity index (χ1n) is 4.97. The summed E-state index contributed by atoms with van der Waals surface area (Å²) >= 11 is 4.69. The first-order chi connectivity index (χ1) is 7.81. The van der Waals surface area contributed by atoms with Crippen LogP contribution < -0.4 is 5.32 Å². The molecular formula is C9H15N3O4S. The van der Waals surface area contributed by atoms with Crippen LogP contribution in [-0.2, 0) is 4.74 Å². The molecule has 0 bridgehead atoms. The van der Waals surface area contributed by atoms with Gasteiger partial charge in [-0.15, -0.1) is 5.10 Å². The number of nitrogens with zero attached hydrogens (tertiary/aromatic N) is 1. The fraction of sp³-hybridized carbons (Fsp3) is 0.667. The van der Waals surface area contributed by atoms with E-state index in [-0.39, 0.29) is 17.3 Å². The zero-order valence-corrected chi connectivity index (χ0v) is 10.6. The highest BCUT2D eigenvalue weighted by molar-refractivity contribution is 7.71. The van der Waals surface area contributed by atoms with Crippen LogP contribution in [0.5, 0.6) is 0 Å². The summed E-state index contributed by atoms with van der Waals surface area (Å²) in [4.78, 5) is 11.5. The van der Waals surface area contributed by atoms with Crippen molar-refractivity contribution in [2.24, 2.45) is 0 Å². The Balaban J connectivity index is 2.65. The molecule has 1 rings (SSSR count). The summed E-state index contributed by atoms with van der Waals surface area (Å²) in [6, 6.07) is -0.794. The van der Waals surface area contributed by atoms with Crippen molar-refractivity contribution < 1.29 is 19.1 Å². The van der Waals surface area contributed by atoms with Crippen molar-refractivity contribution in [2.75, 3.05) is 6.61 Å². The average Bonchev–Trinajstić information content (AvgIpc) is 2.58. The lowest BCUT2D eigenvalue weighted by molar-refractivity contribution is 0.0470. The van der Waals surface area contributed by atoms with Gasteiger partial charge in [0.2, 0.25) is 5.89 Å². The molecule has 1 aromatic heterocycles. The SMILES string of the molecule is CC(C)(C)OC(=O)NC(CO)c1n[nH]c(=S)o1. The van der Waals surface area contributed by atoms with Gasteiger partial charge in [-0.05, 0) is 33.0 Å². The van der Waals surface area contributed by atoms with Crippen molar-refractivity contribution in [2.45, 2.75) is 32.4 Å². The average molecular weight is 261 g/mol. The van der Waals surface area contributed by atoms with Crippen LogP contribution in [0.3, 0.4) is 0 Å². The summed E-state index contributed by atoms with van der Waals surface area (Å²) in [6.07, 6.45) is -0.666. The van der Waals surface area contributed by atoms with E-state index in [2.05, 4.69) is 15.5 Å². The third-order valence-corrected chi connectivity index (χ3v) is 1.80. The molecule has 8 heteroatoms. The second-order valence-electron chi connectivity index (χ2n) is 4.33. The molecular weight excluding hydrogens is 246 g/mol. The Hall–Kier alpha value is -1.41. The Bertz CT molecular complexity index is 434. The second-order valence-corrected chi connectivity index (χ2v) is 4.70. The van der Waals surface area contributed by atoms with Crippen LogP contribution in [0.15, 0.2) is 4.42 Å². The number of aromatic amines is 1. The maximum atomic E-state index is 11.5. The van der Waals surface area contributed by atoms with Gasteiger partial charge in [0, 0.05) is 0 Å². The highest BCUT2D eigenvalue weighted by Crippen LogP contribution is 2.12. The van der Waals surface area contributed by atoms with Gasteiger partial charge in [0.15, 0.2) is 0 Å². The number of aromatic nitrogens is 2. The minimum Gasteiger partial charge on any atom is -0.444 e. The summed E-state index contributed by atoms with van der Waals surface area (Å²) in [5, 5.41) is 17.6. The van der Waals surface area contributed by atoms with Crippen molar-refractivity contribution >= 4 is 18.3 Å². The van der Waals surface area contributed by atoms with E-state index in [1.807, 2.05) is 0 Å². The number of carbonyl (C=O) groups is 1. The zero-order chi connectivity index (χ0) is 13.1. The van der Waals surface area contributed by atoms with Crippen LogP contribution in [-0.4, -0.2) is 33.6 Å². The lowest BCUT2D eigenvalue weighted by atomic mass is 10.2. The Morgan fingerprint density at radius 1 is 1.71 bits per heavy atom. The molecule has 1 unspecified atom stereocenters. The molecule has 0 aromatic carbocycles.